The molecule has 3 heteroatoms. The molecule has 1 aliphatic heterocycles. The van der Waals surface area contributed by atoms with Gasteiger partial charge in [0.15, 0.2) is 0 Å². The van der Waals surface area contributed by atoms with Crippen LogP contribution in [0.4, 0.5) is 5.69 Å². The van der Waals surface area contributed by atoms with Crippen molar-refractivity contribution in [3.05, 3.63) is 29.8 Å². The van der Waals surface area contributed by atoms with Crippen molar-refractivity contribution in [2.75, 3.05) is 18.0 Å². The first-order chi connectivity index (χ1) is 10.2. The quantitative estimate of drug-likeness (QED) is 0.908. The molecule has 1 heterocycles. The summed E-state index contributed by atoms with van der Waals surface area (Å²) >= 11 is 0. The van der Waals surface area contributed by atoms with E-state index in [9.17, 15) is 4.79 Å². The molecule has 1 saturated carbocycles. The Balaban J connectivity index is 1.94. The lowest BCUT2D eigenvalue weighted by atomic mass is 9.72. The molecule has 1 fully saturated rings. The summed E-state index contributed by atoms with van der Waals surface area (Å²) in [7, 11) is 0. The maximum atomic E-state index is 13.3. The third kappa shape index (κ3) is 2.59. The van der Waals surface area contributed by atoms with Crippen molar-refractivity contribution in [1.82, 2.24) is 0 Å². The summed E-state index contributed by atoms with van der Waals surface area (Å²) < 4.78 is 0. The van der Waals surface area contributed by atoms with E-state index in [1.54, 1.807) is 0 Å². The number of para-hydroxylation sites is 1. The minimum Gasteiger partial charge on any atom is -0.329 e. The molecular formula is C18H26N2O. The number of amides is 1. The molecule has 2 aliphatic rings. The van der Waals surface area contributed by atoms with E-state index in [1.165, 1.54) is 12.0 Å². The van der Waals surface area contributed by atoms with Gasteiger partial charge in [0.05, 0.1) is 5.41 Å². The molecule has 0 bridgehead atoms. The van der Waals surface area contributed by atoms with E-state index >= 15 is 0 Å². The van der Waals surface area contributed by atoms with Crippen LogP contribution in [-0.4, -0.2) is 19.0 Å². The summed E-state index contributed by atoms with van der Waals surface area (Å²) in [5.74, 6) is 0.783. The van der Waals surface area contributed by atoms with Gasteiger partial charge in [-0.2, -0.15) is 0 Å². The SMILES string of the molecule is CC1Cc2ccccc2N(C(=O)C2(CN)CCCCC2)C1. The van der Waals surface area contributed by atoms with Crippen LogP contribution >= 0.6 is 0 Å². The van der Waals surface area contributed by atoms with Gasteiger partial charge >= 0.3 is 0 Å². The first-order valence-electron chi connectivity index (χ1n) is 8.26. The lowest BCUT2D eigenvalue weighted by molar-refractivity contribution is -0.129. The predicted molar refractivity (Wildman–Crippen MR) is 86.2 cm³/mol. The number of hydrogen-bond acceptors (Lipinski definition) is 2. The highest BCUT2D eigenvalue weighted by Crippen LogP contribution is 2.40. The average Bonchev–Trinajstić information content (AvgIpc) is 2.54. The van der Waals surface area contributed by atoms with Crippen LogP contribution in [0.1, 0.15) is 44.6 Å². The van der Waals surface area contributed by atoms with E-state index in [1.807, 2.05) is 11.0 Å². The van der Waals surface area contributed by atoms with Crippen LogP contribution in [0.15, 0.2) is 24.3 Å². The minimum absolute atomic E-state index is 0.267. The zero-order chi connectivity index (χ0) is 14.9. The van der Waals surface area contributed by atoms with E-state index in [2.05, 4.69) is 25.1 Å². The second kappa shape index (κ2) is 5.80. The van der Waals surface area contributed by atoms with Gasteiger partial charge in [-0.05, 0) is 36.8 Å². The number of benzene rings is 1. The number of fused-ring (bicyclic) bond motifs is 1. The van der Waals surface area contributed by atoms with Gasteiger partial charge in [0.1, 0.15) is 0 Å². The van der Waals surface area contributed by atoms with Crippen LogP contribution in [-0.2, 0) is 11.2 Å². The molecule has 1 aromatic carbocycles. The van der Waals surface area contributed by atoms with Crippen molar-refractivity contribution in [1.29, 1.82) is 0 Å². The Hall–Kier alpha value is -1.35. The maximum absolute atomic E-state index is 13.3. The van der Waals surface area contributed by atoms with Crippen LogP contribution in [0.25, 0.3) is 0 Å². The Morgan fingerprint density at radius 1 is 1.29 bits per heavy atom. The van der Waals surface area contributed by atoms with Gasteiger partial charge in [-0.1, -0.05) is 44.4 Å². The van der Waals surface area contributed by atoms with Gasteiger partial charge < -0.3 is 10.6 Å². The van der Waals surface area contributed by atoms with Crippen molar-refractivity contribution in [2.45, 2.75) is 45.4 Å². The fourth-order valence-corrected chi connectivity index (χ4v) is 4.01. The molecule has 0 spiro atoms. The van der Waals surface area contributed by atoms with E-state index in [0.29, 0.717) is 12.5 Å². The first kappa shape index (κ1) is 14.6. The third-order valence-electron chi connectivity index (χ3n) is 5.25. The van der Waals surface area contributed by atoms with Gasteiger partial charge in [0.2, 0.25) is 5.91 Å². The number of nitrogens with zero attached hydrogens (tertiary/aromatic N) is 1. The first-order valence-corrected chi connectivity index (χ1v) is 8.26. The standard InChI is InChI=1S/C18H26N2O/c1-14-11-15-7-3-4-8-16(15)20(12-14)17(21)18(13-19)9-5-2-6-10-18/h3-4,7-8,14H,2,5-6,9-13,19H2,1H3. The smallest absolute Gasteiger partial charge is 0.234 e. The molecule has 1 amide bonds. The van der Waals surface area contributed by atoms with Crippen molar-refractivity contribution in [3.8, 4) is 0 Å². The molecule has 1 aromatic rings. The van der Waals surface area contributed by atoms with Crippen LogP contribution in [0.3, 0.4) is 0 Å². The Bertz CT molecular complexity index is 520. The van der Waals surface area contributed by atoms with Crippen LogP contribution in [0.2, 0.25) is 0 Å². The molecule has 1 atom stereocenters. The third-order valence-corrected chi connectivity index (χ3v) is 5.25. The normalized spacial score (nSPS) is 24.5. The van der Waals surface area contributed by atoms with E-state index in [0.717, 1.165) is 44.3 Å². The molecule has 1 unspecified atom stereocenters. The van der Waals surface area contributed by atoms with Crippen molar-refractivity contribution >= 4 is 11.6 Å². The van der Waals surface area contributed by atoms with Gasteiger partial charge in [-0.15, -0.1) is 0 Å². The monoisotopic (exact) mass is 286 g/mol. The Kier molecular flexibility index (Phi) is 4.03. The summed E-state index contributed by atoms with van der Waals surface area (Å²) in [6.45, 7) is 3.54. The zero-order valence-corrected chi connectivity index (χ0v) is 13.0. The lowest BCUT2D eigenvalue weighted by Crippen LogP contribution is -2.51. The van der Waals surface area contributed by atoms with E-state index in [4.69, 9.17) is 5.73 Å². The number of anilines is 1. The summed E-state index contributed by atoms with van der Waals surface area (Å²) in [6, 6.07) is 8.34. The Morgan fingerprint density at radius 3 is 2.71 bits per heavy atom. The highest BCUT2D eigenvalue weighted by molar-refractivity contribution is 5.99. The number of carbonyl (C=O) groups is 1. The van der Waals surface area contributed by atoms with Crippen molar-refractivity contribution in [2.24, 2.45) is 17.1 Å². The molecule has 0 aromatic heterocycles. The summed E-state index contributed by atoms with van der Waals surface area (Å²) in [4.78, 5) is 15.3. The van der Waals surface area contributed by atoms with Gasteiger partial charge in [0.25, 0.3) is 0 Å². The van der Waals surface area contributed by atoms with Crippen molar-refractivity contribution in [3.63, 3.8) is 0 Å². The van der Waals surface area contributed by atoms with Gasteiger partial charge in [-0.25, -0.2) is 0 Å². The maximum Gasteiger partial charge on any atom is 0.234 e. The highest BCUT2D eigenvalue weighted by Gasteiger charge is 2.42. The van der Waals surface area contributed by atoms with Crippen LogP contribution < -0.4 is 10.6 Å². The molecule has 1 aliphatic carbocycles. The fourth-order valence-electron chi connectivity index (χ4n) is 4.01. The summed E-state index contributed by atoms with van der Waals surface area (Å²) in [6.07, 6.45) is 6.48. The number of hydrogen-bond donors (Lipinski definition) is 1. The number of rotatable bonds is 2. The molecule has 0 radical (unpaired) electrons. The van der Waals surface area contributed by atoms with Crippen LogP contribution in [0, 0.1) is 11.3 Å². The van der Waals surface area contributed by atoms with Crippen LogP contribution in [0.5, 0.6) is 0 Å². The fraction of sp³-hybridized carbons (Fsp3) is 0.611. The summed E-state index contributed by atoms with van der Waals surface area (Å²) in [5, 5.41) is 0. The summed E-state index contributed by atoms with van der Waals surface area (Å²) in [5.41, 5.74) is 8.14. The predicted octanol–water partition coefficient (Wildman–Crippen LogP) is 3.12. The molecule has 3 nitrogen and oxygen atoms in total. The van der Waals surface area contributed by atoms with E-state index < -0.39 is 0 Å². The topological polar surface area (TPSA) is 46.3 Å². The molecular weight excluding hydrogens is 260 g/mol. The molecule has 3 rings (SSSR count). The zero-order valence-electron chi connectivity index (χ0n) is 13.0. The minimum atomic E-state index is -0.317. The molecule has 0 saturated heterocycles. The largest absolute Gasteiger partial charge is 0.329 e. The van der Waals surface area contributed by atoms with Crippen molar-refractivity contribution < 1.29 is 4.79 Å². The lowest BCUT2D eigenvalue weighted by Gasteiger charge is -2.42. The Labute approximate surface area is 127 Å². The second-order valence-corrected chi connectivity index (χ2v) is 6.90. The molecule has 114 valence electrons. The molecule has 2 N–H and O–H groups in total. The van der Waals surface area contributed by atoms with E-state index in [-0.39, 0.29) is 11.3 Å². The average molecular weight is 286 g/mol. The number of nitrogens with two attached hydrogens (primary N) is 1. The Morgan fingerprint density at radius 2 is 2.00 bits per heavy atom. The van der Waals surface area contributed by atoms with Gasteiger partial charge in [0, 0.05) is 18.8 Å². The highest BCUT2D eigenvalue weighted by atomic mass is 16.2. The second-order valence-electron chi connectivity index (χ2n) is 6.90. The molecule has 21 heavy (non-hydrogen) atoms. The number of carbonyl (C=O) groups excluding carboxylic acids is 1. The van der Waals surface area contributed by atoms with Gasteiger partial charge in [-0.3, -0.25) is 4.79 Å².